The first-order chi connectivity index (χ1) is 10.7. The number of rotatable bonds is 3. The molecule has 0 radical (unpaired) electrons. The van der Waals surface area contributed by atoms with E-state index in [0.717, 1.165) is 22.1 Å². The summed E-state index contributed by atoms with van der Waals surface area (Å²) in [6, 6.07) is 15.9. The molecule has 0 aliphatic carbocycles. The van der Waals surface area contributed by atoms with Crippen LogP contribution >= 0.6 is 0 Å². The lowest BCUT2D eigenvalue weighted by Gasteiger charge is -2.17. The Hall–Kier alpha value is -2.76. The number of nitrogens with zero attached hydrogens (tertiary/aromatic N) is 6. The maximum atomic E-state index is 4.55. The van der Waals surface area contributed by atoms with Crippen molar-refractivity contribution in [2.45, 2.75) is 25.9 Å². The van der Waals surface area contributed by atoms with Gasteiger partial charge in [-0.15, -0.1) is 0 Å². The third-order valence-corrected chi connectivity index (χ3v) is 4.03. The van der Waals surface area contributed by atoms with E-state index >= 15 is 0 Å². The normalized spacial score (nSPS) is 14.5. The average molecular weight is 292 g/mol. The molecule has 0 bridgehead atoms. The third kappa shape index (κ3) is 2.04. The molecule has 0 aliphatic rings. The largest absolute Gasteiger partial charge is 0.179 e. The fourth-order valence-electron chi connectivity index (χ4n) is 2.50. The first-order valence-corrected chi connectivity index (χ1v) is 7.35. The molecule has 0 spiro atoms. The second-order valence-electron chi connectivity index (χ2n) is 5.50. The highest BCUT2D eigenvalue weighted by molar-refractivity contribution is 5.73. The smallest absolute Gasteiger partial charge is 0.113 e. The van der Waals surface area contributed by atoms with Gasteiger partial charge in [-0.1, -0.05) is 24.3 Å². The second kappa shape index (κ2) is 4.91. The molecule has 6 nitrogen and oxygen atoms in total. The van der Waals surface area contributed by atoms with Crippen LogP contribution in [0.1, 0.15) is 25.9 Å². The van der Waals surface area contributed by atoms with Gasteiger partial charge in [0, 0.05) is 0 Å². The minimum absolute atomic E-state index is 0.0502. The Labute approximate surface area is 127 Å². The fourth-order valence-corrected chi connectivity index (χ4v) is 2.50. The van der Waals surface area contributed by atoms with E-state index in [0.29, 0.717) is 0 Å². The summed E-state index contributed by atoms with van der Waals surface area (Å²) >= 11 is 0. The van der Waals surface area contributed by atoms with Crippen LogP contribution < -0.4 is 0 Å². The Kier molecular flexibility index (Phi) is 2.89. The number of hydrogen-bond donors (Lipinski definition) is 0. The first-order valence-electron chi connectivity index (χ1n) is 7.35. The van der Waals surface area contributed by atoms with Crippen molar-refractivity contribution in [3.63, 3.8) is 0 Å². The first kappa shape index (κ1) is 12.9. The molecule has 4 rings (SSSR count). The average Bonchev–Trinajstić information content (AvgIpc) is 3.16. The summed E-state index contributed by atoms with van der Waals surface area (Å²) in [5.74, 6) is 0. The summed E-state index contributed by atoms with van der Waals surface area (Å²) in [5, 5.41) is 18.2. The molecule has 0 fully saturated rings. The lowest BCUT2D eigenvalue weighted by atomic mass is 10.2. The van der Waals surface area contributed by atoms with Crippen LogP contribution in [0.2, 0.25) is 0 Å². The second-order valence-corrected chi connectivity index (χ2v) is 5.50. The zero-order valence-corrected chi connectivity index (χ0v) is 12.5. The number of benzene rings is 2. The summed E-state index contributed by atoms with van der Waals surface area (Å²) in [4.78, 5) is 3.51. The molecule has 6 heteroatoms. The van der Waals surface area contributed by atoms with Gasteiger partial charge in [-0.05, 0) is 38.1 Å². The van der Waals surface area contributed by atoms with Crippen LogP contribution in [0.15, 0.2) is 48.5 Å². The summed E-state index contributed by atoms with van der Waals surface area (Å²) in [6.07, 6.45) is 0. The van der Waals surface area contributed by atoms with E-state index < -0.39 is 0 Å². The molecule has 0 N–H and O–H groups in total. The Balaban J connectivity index is 1.70. The SMILES string of the molecule is CC(C(C)n1nc2ccccc2n1)n1nc2ccccc2n1. The van der Waals surface area contributed by atoms with Crippen LogP contribution in [0.5, 0.6) is 0 Å². The van der Waals surface area contributed by atoms with Crippen LogP contribution in [0.25, 0.3) is 22.1 Å². The van der Waals surface area contributed by atoms with Gasteiger partial charge < -0.3 is 0 Å². The van der Waals surface area contributed by atoms with Gasteiger partial charge >= 0.3 is 0 Å². The fraction of sp³-hybridized carbons (Fsp3) is 0.250. The van der Waals surface area contributed by atoms with Gasteiger partial charge in [0.25, 0.3) is 0 Å². The predicted octanol–water partition coefficient (Wildman–Crippen LogP) is 3.00. The minimum Gasteiger partial charge on any atom is -0.179 e. The van der Waals surface area contributed by atoms with E-state index in [1.807, 2.05) is 48.5 Å². The molecular formula is C16H16N6. The van der Waals surface area contributed by atoms with Gasteiger partial charge in [-0.3, -0.25) is 0 Å². The molecule has 4 aromatic rings. The summed E-state index contributed by atoms with van der Waals surface area (Å²) < 4.78 is 0. The van der Waals surface area contributed by atoms with Crippen LogP contribution in [-0.4, -0.2) is 30.0 Å². The molecule has 2 heterocycles. The van der Waals surface area contributed by atoms with Crippen molar-refractivity contribution in [1.82, 2.24) is 30.0 Å². The molecule has 0 aliphatic heterocycles. The predicted molar refractivity (Wildman–Crippen MR) is 84.5 cm³/mol. The van der Waals surface area contributed by atoms with Gasteiger partial charge in [0.05, 0.1) is 12.1 Å². The van der Waals surface area contributed by atoms with Gasteiger partial charge in [0.2, 0.25) is 0 Å². The molecule has 110 valence electrons. The van der Waals surface area contributed by atoms with E-state index in [1.165, 1.54) is 0 Å². The zero-order valence-electron chi connectivity index (χ0n) is 12.5. The molecule has 0 saturated carbocycles. The maximum Gasteiger partial charge on any atom is 0.113 e. The number of hydrogen-bond acceptors (Lipinski definition) is 4. The highest BCUT2D eigenvalue weighted by atomic mass is 15.5. The molecule has 2 aromatic heterocycles. The van der Waals surface area contributed by atoms with Crippen molar-refractivity contribution in [3.8, 4) is 0 Å². The number of aromatic nitrogens is 6. The van der Waals surface area contributed by atoms with Crippen LogP contribution in [0.3, 0.4) is 0 Å². The van der Waals surface area contributed by atoms with Crippen LogP contribution in [0.4, 0.5) is 0 Å². The van der Waals surface area contributed by atoms with Crippen molar-refractivity contribution in [2.24, 2.45) is 0 Å². The van der Waals surface area contributed by atoms with Crippen molar-refractivity contribution in [1.29, 1.82) is 0 Å². The lowest BCUT2D eigenvalue weighted by Crippen LogP contribution is -2.22. The van der Waals surface area contributed by atoms with Gasteiger partial charge in [0.1, 0.15) is 22.1 Å². The monoisotopic (exact) mass is 292 g/mol. The molecule has 2 aromatic carbocycles. The van der Waals surface area contributed by atoms with E-state index in [1.54, 1.807) is 9.59 Å². The molecule has 2 atom stereocenters. The van der Waals surface area contributed by atoms with E-state index in [-0.39, 0.29) is 12.1 Å². The van der Waals surface area contributed by atoms with Gasteiger partial charge in [-0.25, -0.2) is 0 Å². The molecule has 0 amide bonds. The van der Waals surface area contributed by atoms with E-state index in [9.17, 15) is 0 Å². The minimum atomic E-state index is 0.0502. The van der Waals surface area contributed by atoms with Crippen molar-refractivity contribution in [3.05, 3.63) is 48.5 Å². The van der Waals surface area contributed by atoms with Crippen molar-refractivity contribution in [2.75, 3.05) is 0 Å². The standard InChI is InChI=1S/C16H16N6/c1-11(21-17-13-7-3-4-8-14(13)18-21)12(2)22-19-15-9-5-6-10-16(15)20-22/h3-12H,1-2H3. The van der Waals surface area contributed by atoms with E-state index in [2.05, 4.69) is 34.2 Å². The Morgan fingerprint density at radius 1 is 0.591 bits per heavy atom. The molecular weight excluding hydrogens is 276 g/mol. The topological polar surface area (TPSA) is 61.4 Å². The van der Waals surface area contributed by atoms with Crippen molar-refractivity contribution < 1.29 is 0 Å². The highest BCUT2D eigenvalue weighted by Gasteiger charge is 2.20. The van der Waals surface area contributed by atoms with Crippen LogP contribution in [0, 0.1) is 0 Å². The third-order valence-electron chi connectivity index (χ3n) is 4.03. The van der Waals surface area contributed by atoms with Crippen molar-refractivity contribution >= 4 is 22.1 Å². The maximum absolute atomic E-state index is 4.55. The Bertz CT molecular complexity index is 794. The zero-order chi connectivity index (χ0) is 15.1. The Morgan fingerprint density at radius 2 is 0.864 bits per heavy atom. The highest BCUT2D eigenvalue weighted by Crippen LogP contribution is 2.22. The van der Waals surface area contributed by atoms with E-state index in [4.69, 9.17) is 0 Å². The summed E-state index contributed by atoms with van der Waals surface area (Å²) in [5.41, 5.74) is 3.61. The Morgan fingerprint density at radius 3 is 1.14 bits per heavy atom. The summed E-state index contributed by atoms with van der Waals surface area (Å²) in [7, 11) is 0. The lowest BCUT2D eigenvalue weighted by molar-refractivity contribution is 0.281. The molecule has 0 saturated heterocycles. The summed E-state index contributed by atoms with van der Waals surface area (Å²) in [6.45, 7) is 4.16. The quantitative estimate of drug-likeness (QED) is 0.582. The van der Waals surface area contributed by atoms with Crippen LogP contribution in [-0.2, 0) is 0 Å². The van der Waals surface area contributed by atoms with Gasteiger partial charge in [0.15, 0.2) is 0 Å². The van der Waals surface area contributed by atoms with Gasteiger partial charge in [-0.2, -0.15) is 30.0 Å². The number of fused-ring (bicyclic) bond motifs is 2. The molecule has 2 unspecified atom stereocenters. The molecule has 22 heavy (non-hydrogen) atoms.